The third-order valence-corrected chi connectivity index (χ3v) is 5.44. The van der Waals surface area contributed by atoms with Gasteiger partial charge in [0.05, 0.1) is 16.6 Å². The van der Waals surface area contributed by atoms with Gasteiger partial charge in [0.1, 0.15) is 0 Å². The van der Waals surface area contributed by atoms with E-state index in [9.17, 15) is 4.79 Å². The Morgan fingerprint density at radius 3 is 2.69 bits per heavy atom. The summed E-state index contributed by atoms with van der Waals surface area (Å²) in [7, 11) is 1.67. The average molecular weight is 421 g/mol. The Labute approximate surface area is 176 Å². The summed E-state index contributed by atoms with van der Waals surface area (Å²) in [5, 5.41) is 7.76. The van der Waals surface area contributed by atoms with E-state index in [1.54, 1.807) is 24.5 Å². The Morgan fingerprint density at radius 1 is 1.14 bits per heavy atom. The van der Waals surface area contributed by atoms with Gasteiger partial charge in [0.15, 0.2) is 0 Å². The third-order valence-electron chi connectivity index (χ3n) is 4.35. The van der Waals surface area contributed by atoms with E-state index >= 15 is 0 Å². The van der Waals surface area contributed by atoms with Crippen LogP contribution in [0.4, 0.5) is 5.95 Å². The number of allylic oxidation sites excluding steroid dienone is 1. The van der Waals surface area contributed by atoms with Crippen LogP contribution in [0.25, 0.3) is 17.0 Å². The molecule has 0 atom stereocenters. The number of anilines is 1. The first-order valence-electron chi connectivity index (χ1n) is 8.89. The molecule has 1 N–H and O–H groups in total. The van der Waals surface area contributed by atoms with Gasteiger partial charge >= 0.3 is 0 Å². The number of hydrazone groups is 1. The van der Waals surface area contributed by atoms with Gasteiger partial charge < -0.3 is 0 Å². The van der Waals surface area contributed by atoms with Crippen molar-refractivity contribution in [2.24, 2.45) is 12.1 Å². The number of rotatable bonds is 5. The lowest BCUT2D eigenvalue weighted by Crippen LogP contribution is -2.21. The van der Waals surface area contributed by atoms with Gasteiger partial charge in [0.25, 0.3) is 5.56 Å². The quantitative estimate of drug-likeness (QED) is 0.357. The second-order valence-electron chi connectivity index (χ2n) is 6.28. The number of hydrogen-bond acceptors (Lipinski definition) is 5. The van der Waals surface area contributed by atoms with Crippen molar-refractivity contribution < 1.29 is 0 Å². The van der Waals surface area contributed by atoms with Crippen LogP contribution >= 0.6 is 22.9 Å². The number of aromatic nitrogens is 2. The molecule has 0 radical (unpaired) electrons. The molecular formula is C22H17ClN4OS. The standard InChI is InChI=1S/C22H17ClN4OS/c1-27-21(28)18-6-2-3-7-20(18)24-22(27)26-25-19(13-12-17-5-4-14-29-17)15-8-10-16(23)11-9-15/h2-14H,1H3,(H,24,26)/b13-12+,25-19-. The molecule has 0 aliphatic heterocycles. The molecule has 0 aliphatic rings. The van der Waals surface area contributed by atoms with E-state index in [1.165, 1.54) is 4.57 Å². The summed E-state index contributed by atoms with van der Waals surface area (Å²) in [6.07, 6.45) is 3.91. The second-order valence-corrected chi connectivity index (χ2v) is 7.70. The lowest BCUT2D eigenvalue weighted by atomic mass is 10.1. The van der Waals surface area contributed by atoms with Crippen LogP contribution in [-0.2, 0) is 7.05 Å². The first-order valence-corrected chi connectivity index (χ1v) is 10.1. The maximum Gasteiger partial charge on any atom is 0.262 e. The van der Waals surface area contributed by atoms with Crippen molar-refractivity contribution in [2.45, 2.75) is 0 Å². The minimum atomic E-state index is -0.129. The number of para-hydroxylation sites is 1. The number of hydrogen-bond donors (Lipinski definition) is 1. The molecule has 0 spiro atoms. The number of nitrogens with one attached hydrogen (secondary N) is 1. The molecule has 29 heavy (non-hydrogen) atoms. The number of thiophene rings is 1. The maximum atomic E-state index is 12.6. The number of fused-ring (bicyclic) bond motifs is 1. The molecule has 0 saturated carbocycles. The molecule has 2 heterocycles. The van der Waals surface area contributed by atoms with Gasteiger partial charge in [-0.15, -0.1) is 11.3 Å². The molecule has 144 valence electrons. The van der Waals surface area contributed by atoms with E-state index in [0.29, 0.717) is 27.6 Å². The van der Waals surface area contributed by atoms with E-state index in [2.05, 4.69) is 15.5 Å². The van der Waals surface area contributed by atoms with Gasteiger partial charge in [-0.2, -0.15) is 5.10 Å². The van der Waals surface area contributed by atoms with Crippen molar-refractivity contribution in [1.29, 1.82) is 0 Å². The highest BCUT2D eigenvalue weighted by molar-refractivity contribution is 7.10. The van der Waals surface area contributed by atoms with Gasteiger partial charge in [0.2, 0.25) is 5.95 Å². The van der Waals surface area contributed by atoms with Crippen LogP contribution in [0.3, 0.4) is 0 Å². The lowest BCUT2D eigenvalue weighted by Gasteiger charge is -2.09. The van der Waals surface area contributed by atoms with Crippen molar-refractivity contribution in [3.63, 3.8) is 0 Å². The van der Waals surface area contributed by atoms with Gasteiger partial charge in [-0.1, -0.05) is 41.9 Å². The SMILES string of the molecule is Cn1c(N/N=C(/C=C/c2cccs2)c2ccc(Cl)cc2)nc2ccccc2c1=O. The minimum absolute atomic E-state index is 0.129. The Bertz CT molecular complexity index is 1260. The first kappa shape index (κ1) is 19.1. The van der Waals surface area contributed by atoms with Crippen molar-refractivity contribution in [2.75, 3.05) is 5.43 Å². The second kappa shape index (κ2) is 8.43. The zero-order valence-corrected chi connectivity index (χ0v) is 17.1. The van der Waals surface area contributed by atoms with Gasteiger partial charge in [-0.25, -0.2) is 10.4 Å². The fraction of sp³-hybridized carbons (Fsp3) is 0.0455. The lowest BCUT2D eigenvalue weighted by molar-refractivity contribution is 0.846. The Balaban J connectivity index is 1.73. The van der Waals surface area contributed by atoms with Crippen LogP contribution in [0.2, 0.25) is 5.02 Å². The molecule has 0 bridgehead atoms. The highest BCUT2D eigenvalue weighted by Crippen LogP contribution is 2.15. The highest BCUT2D eigenvalue weighted by atomic mass is 35.5. The van der Waals surface area contributed by atoms with Gasteiger partial charge in [0, 0.05) is 22.5 Å². The Morgan fingerprint density at radius 2 is 1.93 bits per heavy atom. The van der Waals surface area contributed by atoms with E-state index in [-0.39, 0.29) is 5.56 Å². The fourth-order valence-corrected chi connectivity index (χ4v) is 3.54. The smallest absolute Gasteiger partial charge is 0.262 e. The Kier molecular flexibility index (Phi) is 5.55. The minimum Gasteiger partial charge on any atom is -0.280 e. The summed E-state index contributed by atoms with van der Waals surface area (Å²) < 4.78 is 1.45. The van der Waals surface area contributed by atoms with Crippen molar-refractivity contribution in [3.05, 3.63) is 97.9 Å². The van der Waals surface area contributed by atoms with Crippen LogP contribution in [0.15, 0.2) is 82.0 Å². The largest absolute Gasteiger partial charge is 0.280 e. The summed E-state index contributed by atoms with van der Waals surface area (Å²) in [5.41, 5.74) is 5.02. The summed E-state index contributed by atoms with van der Waals surface area (Å²) in [5.74, 6) is 0.365. The Hall–Kier alpha value is -3.22. The average Bonchev–Trinajstić information content (AvgIpc) is 3.26. The molecule has 4 rings (SSSR count). The maximum absolute atomic E-state index is 12.6. The van der Waals surface area contributed by atoms with Crippen LogP contribution < -0.4 is 11.0 Å². The van der Waals surface area contributed by atoms with Crippen LogP contribution in [-0.4, -0.2) is 15.3 Å². The highest BCUT2D eigenvalue weighted by Gasteiger charge is 2.08. The first-order chi connectivity index (χ1) is 14.1. The molecule has 7 heteroatoms. The topological polar surface area (TPSA) is 59.3 Å². The summed E-state index contributed by atoms with van der Waals surface area (Å²) in [6, 6.07) is 18.7. The molecule has 0 aliphatic carbocycles. The molecule has 0 saturated heterocycles. The number of halogens is 1. The van der Waals surface area contributed by atoms with E-state index in [0.717, 1.165) is 10.4 Å². The predicted octanol–water partition coefficient (Wildman–Crippen LogP) is 5.18. The van der Waals surface area contributed by atoms with E-state index < -0.39 is 0 Å². The van der Waals surface area contributed by atoms with Crippen molar-refractivity contribution in [1.82, 2.24) is 9.55 Å². The fourth-order valence-electron chi connectivity index (χ4n) is 2.79. The van der Waals surface area contributed by atoms with Crippen LogP contribution in [0.1, 0.15) is 10.4 Å². The zero-order chi connectivity index (χ0) is 20.2. The van der Waals surface area contributed by atoms with Crippen LogP contribution in [0.5, 0.6) is 0 Å². The van der Waals surface area contributed by atoms with Gasteiger partial charge in [-0.3, -0.25) is 9.36 Å². The van der Waals surface area contributed by atoms with Gasteiger partial charge in [-0.05, 0) is 47.9 Å². The molecule has 2 aromatic heterocycles. The van der Waals surface area contributed by atoms with E-state index in [4.69, 9.17) is 11.6 Å². The third kappa shape index (κ3) is 4.29. The van der Waals surface area contributed by atoms with E-state index in [1.807, 2.05) is 72.1 Å². The summed E-state index contributed by atoms with van der Waals surface area (Å²) in [4.78, 5) is 18.2. The molecule has 0 amide bonds. The summed E-state index contributed by atoms with van der Waals surface area (Å²) in [6.45, 7) is 0. The number of nitrogens with zero attached hydrogens (tertiary/aromatic N) is 3. The van der Waals surface area contributed by atoms with Crippen molar-refractivity contribution in [3.8, 4) is 0 Å². The number of benzene rings is 2. The predicted molar refractivity (Wildman–Crippen MR) is 122 cm³/mol. The van der Waals surface area contributed by atoms with Crippen molar-refractivity contribution >= 4 is 51.6 Å². The molecule has 0 unspecified atom stereocenters. The molecule has 5 nitrogen and oxygen atoms in total. The molecule has 4 aromatic rings. The zero-order valence-electron chi connectivity index (χ0n) is 15.5. The molecule has 0 fully saturated rings. The summed E-state index contributed by atoms with van der Waals surface area (Å²) >= 11 is 7.66. The normalized spacial score (nSPS) is 12.0. The molecular weight excluding hydrogens is 404 g/mol. The van der Waals surface area contributed by atoms with Crippen LogP contribution in [0, 0.1) is 0 Å². The molecule has 2 aromatic carbocycles. The monoisotopic (exact) mass is 420 g/mol.